The smallest absolute Gasteiger partial charge is 0.282 e. The summed E-state index contributed by atoms with van der Waals surface area (Å²) in [6.07, 6.45) is 0.947. The molecule has 0 aliphatic heterocycles. The molecular formula is C13H8ClFN2O3. The van der Waals surface area contributed by atoms with Gasteiger partial charge in [-0.15, -0.1) is 0 Å². The monoisotopic (exact) mass is 294 g/mol. The van der Waals surface area contributed by atoms with Crippen molar-refractivity contribution in [3.05, 3.63) is 56.8 Å². The minimum atomic E-state index is -0.727. The summed E-state index contributed by atoms with van der Waals surface area (Å²) >= 11 is 5.80. The molecule has 20 heavy (non-hydrogen) atoms. The highest BCUT2D eigenvalue weighted by atomic mass is 35.5. The number of rotatable bonds is 3. The molecule has 7 heteroatoms. The minimum absolute atomic E-state index is 0.0494. The van der Waals surface area contributed by atoms with Crippen molar-refractivity contribution < 1.29 is 13.7 Å². The molecule has 0 atom stereocenters. The summed E-state index contributed by atoms with van der Waals surface area (Å²) < 4.78 is 18.6. The number of hydrogen-bond donors (Lipinski definition) is 0. The van der Waals surface area contributed by atoms with Crippen molar-refractivity contribution in [3.8, 4) is 11.5 Å². The van der Waals surface area contributed by atoms with Crippen LogP contribution in [-0.4, -0.2) is 9.91 Å². The zero-order valence-corrected chi connectivity index (χ0v) is 10.9. The number of aromatic nitrogens is 1. The van der Waals surface area contributed by atoms with Crippen molar-refractivity contribution in [3.63, 3.8) is 0 Å². The molecule has 0 aliphatic carbocycles. The average molecular weight is 295 g/mol. The summed E-state index contributed by atoms with van der Waals surface area (Å²) in [6.45, 7) is 6.76. The van der Waals surface area contributed by atoms with Crippen LogP contribution in [0.15, 0.2) is 35.3 Å². The molecule has 102 valence electrons. The van der Waals surface area contributed by atoms with Crippen LogP contribution in [0.4, 0.5) is 10.1 Å². The van der Waals surface area contributed by atoms with Gasteiger partial charge in [0.15, 0.2) is 11.2 Å². The van der Waals surface area contributed by atoms with Crippen molar-refractivity contribution in [2.45, 2.75) is 0 Å². The molecule has 0 aliphatic rings. The number of halogens is 2. The fraction of sp³-hybridized carbons (Fsp3) is 0. The molecule has 0 saturated heterocycles. The number of allylic oxidation sites excluding steroid dienone is 1. The zero-order valence-electron chi connectivity index (χ0n) is 10.1. The second-order valence-electron chi connectivity index (χ2n) is 3.76. The minimum Gasteiger partial charge on any atom is -0.436 e. The summed E-state index contributed by atoms with van der Waals surface area (Å²) in [4.78, 5) is 14.2. The Morgan fingerprint density at radius 2 is 2.25 bits per heavy atom. The van der Waals surface area contributed by atoms with Crippen molar-refractivity contribution in [1.82, 2.24) is 4.98 Å². The van der Waals surface area contributed by atoms with Crippen LogP contribution in [0.1, 0.15) is 0 Å². The number of hydrogen-bond acceptors (Lipinski definition) is 4. The average Bonchev–Trinajstić information content (AvgIpc) is 2.79. The van der Waals surface area contributed by atoms with Crippen LogP contribution in [0, 0.1) is 10.1 Å². The van der Waals surface area contributed by atoms with Gasteiger partial charge in [0, 0.05) is 11.1 Å². The van der Waals surface area contributed by atoms with E-state index in [0.717, 1.165) is 6.08 Å². The molecule has 1 aromatic carbocycles. The van der Waals surface area contributed by atoms with Crippen molar-refractivity contribution in [1.29, 1.82) is 0 Å². The first-order valence-corrected chi connectivity index (χ1v) is 5.74. The van der Waals surface area contributed by atoms with Crippen LogP contribution in [0.5, 0.6) is 0 Å². The van der Waals surface area contributed by atoms with Gasteiger partial charge in [0.1, 0.15) is 10.9 Å². The summed E-state index contributed by atoms with van der Waals surface area (Å²) in [6, 6.07) is 3.91. The molecule has 0 radical (unpaired) electrons. The molecule has 0 N–H and O–H groups in total. The summed E-state index contributed by atoms with van der Waals surface area (Å²) in [5, 5.41) is 11.1. The van der Waals surface area contributed by atoms with Crippen molar-refractivity contribution in [2.75, 3.05) is 0 Å². The van der Waals surface area contributed by atoms with Gasteiger partial charge in [-0.05, 0) is 18.2 Å². The van der Waals surface area contributed by atoms with Crippen LogP contribution >= 0.6 is 11.6 Å². The van der Waals surface area contributed by atoms with Crippen LogP contribution in [0.25, 0.3) is 23.9 Å². The molecule has 5 nitrogen and oxygen atoms in total. The maximum Gasteiger partial charge on any atom is 0.282 e. The number of nitrogens with zero attached hydrogens (tertiary/aromatic N) is 2. The van der Waals surface area contributed by atoms with Gasteiger partial charge in [0.25, 0.3) is 5.69 Å². The predicted molar refractivity (Wildman–Crippen MR) is 73.1 cm³/mol. The highest BCUT2D eigenvalue weighted by Gasteiger charge is 2.20. The molecule has 1 heterocycles. The van der Waals surface area contributed by atoms with E-state index < -0.39 is 10.8 Å². The normalized spacial score (nSPS) is 12.1. The van der Waals surface area contributed by atoms with Crippen LogP contribution < -0.4 is 10.8 Å². The Bertz CT molecular complexity index is 814. The number of nitro benzene ring substituents is 1. The van der Waals surface area contributed by atoms with E-state index in [0.29, 0.717) is 0 Å². The summed E-state index contributed by atoms with van der Waals surface area (Å²) in [5.74, 6) is -0.856. The van der Waals surface area contributed by atoms with Gasteiger partial charge in [-0.25, -0.2) is 9.37 Å². The Kier molecular flexibility index (Phi) is 3.67. The number of benzene rings is 1. The summed E-state index contributed by atoms with van der Waals surface area (Å²) in [5.41, 5.74) is -0.247. The summed E-state index contributed by atoms with van der Waals surface area (Å²) in [7, 11) is 0. The topological polar surface area (TPSA) is 69.2 Å². The lowest BCUT2D eigenvalue weighted by atomic mass is 10.2. The Hall–Kier alpha value is -2.47. The first-order chi connectivity index (χ1) is 9.43. The largest absolute Gasteiger partial charge is 0.436 e. The Balaban J connectivity index is 2.76. The fourth-order valence-electron chi connectivity index (χ4n) is 1.59. The molecule has 0 spiro atoms. The van der Waals surface area contributed by atoms with Crippen LogP contribution in [-0.2, 0) is 0 Å². The molecule has 1 aromatic heterocycles. The maximum absolute atomic E-state index is 13.5. The van der Waals surface area contributed by atoms with Crippen molar-refractivity contribution >= 4 is 29.7 Å². The van der Waals surface area contributed by atoms with E-state index in [9.17, 15) is 14.5 Å². The third kappa shape index (κ3) is 2.46. The van der Waals surface area contributed by atoms with Crippen LogP contribution in [0.2, 0.25) is 5.02 Å². The van der Waals surface area contributed by atoms with Gasteiger partial charge in [0.05, 0.1) is 4.92 Å². The molecule has 2 rings (SSSR count). The highest BCUT2D eigenvalue weighted by molar-refractivity contribution is 6.31. The first kappa shape index (κ1) is 14.0. The van der Waals surface area contributed by atoms with Gasteiger partial charge >= 0.3 is 0 Å². The molecule has 0 bridgehead atoms. The fourth-order valence-corrected chi connectivity index (χ4v) is 1.76. The lowest BCUT2D eigenvalue weighted by molar-refractivity contribution is -0.384. The van der Waals surface area contributed by atoms with E-state index in [4.69, 9.17) is 16.0 Å². The Morgan fingerprint density at radius 3 is 2.85 bits per heavy atom. The van der Waals surface area contributed by atoms with E-state index in [1.165, 1.54) is 18.2 Å². The SMILES string of the molecule is C=C/C(F)=c1/nc(-c2cc(Cl)ccc2[N+](=O)[O-])oc1=C. The van der Waals surface area contributed by atoms with E-state index in [1.807, 2.05) is 0 Å². The number of nitro groups is 1. The van der Waals surface area contributed by atoms with Gasteiger partial charge < -0.3 is 4.42 Å². The predicted octanol–water partition coefficient (Wildman–Crippen LogP) is 2.58. The van der Waals surface area contributed by atoms with E-state index in [1.54, 1.807) is 0 Å². The Labute approximate surface area is 117 Å². The van der Waals surface area contributed by atoms with Gasteiger partial charge in [-0.3, -0.25) is 10.1 Å². The lowest BCUT2D eigenvalue weighted by Crippen LogP contribution is -2.21. The molecular weight excluding hydrogens is 287 g/mol. The van der Waals surface area contributed by atoms with E-state index in [-0.39, 0.29) is 32.9 Å². The van der Waals surface area contributed by atoms with E-state index in [2.05, 4.69) is 18.1 Å². The molecule has 2 aromatic rings. The zero-order chi connectivity index (χ0) is 14.9. The van der Waals surface area contributed by atoms with Crippen LogP contribution in [0.3, 0.4) is 0 Å². The molecule has 0 amide bonds. The molecule has 0 saturated carbocycles. The van der Waals surface area contributed by atoms with Gasteiger partial charge in [0.2, 0.25) is 5.89 Å². The third-order valence-corrected chi connectivity index (χ3v) is 2.72. The highest BCUT2D eigenvalue weighted by Crippen LogP contribution is 2.30. The maximum atomic E-state index is 13.5. The second kappa shape index (κ2) is 5.26. The first-order valence-electron chi connectivity index (χ1n) is 5.36. The van der Waals surface area contributed by atoms with Gasteiger partial charge in [-0.2, -0.15) is 0 Å². The van der Waals surface area contributed by atoms with E-state index >= 15 is 0 Å². The van der Waals surface area contributed by atoms with Crippen molar-refractivity contribution in [2.24, 2.45) is 0 Å². The standard InChI is InChI=1S/C13H8ClFN2O3/c1-3-10(15)12-7(2)20-13(16-12)9-6-8(14)4-5-11(9)17(18)19/h3-6H,1-2H2/b12-10-. The number of oxazole rings is 1. The lowest BCUT2D eigenvalue weighted by Gasteiger charge is -1.98. The molecule has 0 unspecified atom stereocenters. The second-order valence-corrected chi connectivity index (χ2v) is 4.20. The quantitative estimate of drug-likeness (QED) is 0.644. The third-order valence-electron chi connectivity index (χ3n) is 2.49. The molecule has 0 fully saturated rings. The Morgan fingerprint density at radius 1 is 1.55 bits per heavy atom. The van der Waals surface area contributed by atoms with Gasteiger partial charge in [-0.1, -0.05) is 24.8 Å².